The maximum atomic E-state index is 12.7. The van der Waals surface area contributed by atoms with Crippen LogP contribution in [0.5, 0.6) is 11.5 Å². The van der Waals surface area contributed by atoms with Gasteiger partial charge in [-0.1, -0.05) is 35.1 Å². The standard InChI is InChI=1S/C24H23ClN6O3S/c1-33-17-6-8-18(9-7-17)34-14-19(32)30-10-12-31(13-11-30)21-20-23(29-24(26)28-21)35-22(27-20)15-2-4-16(25)5-3-15/h2-9H,10-14H2,1H3,(H2,26,28,29). The number of halogens is 1. The zero-order valence-electron chi connectivity index (χ0n) is 19.0. The van der Waals surface area contributed by atoms with Gasteiger partial charge in [-0.2, -0.15) is 4.98 Å². The maximum Gasteiger partial charge on any atom is 0.260 e. The monoisotopic (exact) mass is 510 g/mol. The van der Waals surface area contributed by atoms with Crippen LogP contribution in [0.1, 0.15) is 0 Å². The molecule has 4 aromatic rings. The number of hydrogen-bond acceptors (Lipinski definition) is 9. The molecule has 0 unspecified atom stereocenters. The summed E-state index contributed by atoms with van der Waals surface area (Å²) in [4.78, 5) is 31.0. The molecule has 9 nitrogen and oxygen atoms in total. The van der Waals surface area contributed by atoms with Crippen LogP contribution in [-0.2, 0) is 4.79 Å². The first-order valence-electron chi connectivity index (χ1n) is 11.0. The van der Waals surface area contributed by atoms with Gasteiger partial charge in [0.2, 0.25) is 5.95 Å². The van der Waals surface area contributed by atoms with Crippen molar-refractivity contribution in [3.05, 3.63) is 53.6 Å². The largest absolute Gasteiger partial charge is 0.497 e. The van der Waals surface area contributed by atoms with Gasteiger partial charge in [0.05, 0.1) is 7.11 Å². The number of benzene rings is 2. The molecule has 0 bridgehead atoms. The Morgan fingerprint density at radius 3 is 2.37 bits per heavy atom. The number of ether oxygens (including phenoxy) is 2. The van der Waals surface area contributed by atoms with Gasteiger partial charge in [0.15, 0.2) is 17.3 Å². The van der Waals surface area contributed by atoms with Gasteiger partial charge in [0, 0.05) is 36.8 Å². The lowest BCUT2D eigenvalue weighted by Gasteiger charge is -2.35. The van der Waals surface area contributed by atoms with Gasteiger partial charge in [-0.25, -0.2) is 9.97 Å². The molecule has 1 aliphatic heterocycles. The van der Waals surface area contributed by atoms with E-state index in [9.17, 15) is 4.79 Å². The Hall–Kier alpha value is -3.63. The van der Waals surface area contributed by atoms with E-state index in [1.54, 1.807) is 36.3 Å². The van der Waals surface area contributed by atoms with Crippen molar-refractivity contribution < 1.29 is 14.3 Å². The van der Waals surface area contributed by atoms with Crippen LogP contribution in [-0.4, -0.2) is 65.7 Å². The molecule has 11 heteroatoms. The van der Waals surface area contributed by atoms with E-state index >= 15 is 0 Å². The van der Waals surface area contributed by atoms with Crippen molar-refractivity contribution >= 4 is 51.0 Å². The molecule has 1 aliphatic rings. The first-order chi connectivity index (χ1) is 17.0. The molecule has 5 rings (SSSR count). The van der Waals surface area contributed by atoms with Crippen LogP contribution in [0.2, 0.25) is 5.02 Å². The molecule has 0 aliphatic carbocycles. The van der Waals surface area contributed by atoms with E-state index in [4.69, 9.17) is 31.8 Å². The number of amides is 1. The smallest absolute Gasteiger partial charge is 0.260 e. The second-order valence-electron chi connectivity index (χ2n) is 7.92. The fraction of sp³-hybridized carbons (Fsp3) is 0.250. The fourth-order valence-electron chi connectivity index (χ4n) is 3.84. The Labute approximate surface area is 211 Å². The van der Waals surface area contributed by atoms with Crippen LogP contribution in [0.4, 0.5) is 11.8 Å². The minimum atomic E-state index is -0.0634. The van der Waals surface area contributed by atoms with Gasteiger partial charge in [-0.3, -0.25) is 4.79 Å². The van der Waals surface area contributed by atoms with E-state index in [1.165, 1.54) is 11.3 Å². The van der Waals surface area contributed by atoms with Gasteiger partial charge in [0.25, 0.3) is 5.91 Å². The van der Waals surface area contributed by atoms with Crippen molar-refractivity contribution in [2.24, 2.45) is 0 Å². The molecule has 0 spiro atoms. The minimum absolute atomic E-state index is 0.0203. The molecule has 1 fully saturated rings. The van der Waals surface area contributed by atoms with Gasteiger partial charge >= 0.3 is 0 Å². The summed E-state index contributed by atoms with van der Waals surface area (Å²) in [5, 5.41) is 1.49. The number of anilines is 2. The number of hydrogen-bond donors (Lipinski definition) is 1. The summed E-state index contributed by atoms with van der Waals surface area (Å²) in [6.07, 6.45) is 0. The third-order valence-corrected chi connectivity index (χ3v) is 6.95. The lowest BCUT2D eigenvalue weighted by atomic mass is 10.2. The number of nitrogens with zero attached hydrogens (tertiary/aromatic N) is 5. The molecule has 1 saturated heterocycles. The highest BCUT2D eigenvalue weighted by Crippen LogP contribution is 2.34. The molecule has 0 atom stereocenters. The summed E-state index contributed by atoms with van der Waals surface area (Å²) in [6, 6.07) is 14.7. The highest BCUT2D eigenvalue weighted by atomic mass is 35.5. The van der Waals surface area contributed by atoms with E-state index in [2.05, 4.69) is 14.9 Å². The summed E-state index contributed by atoms with van der Waals surface area (Å²) in [5.41, 5.74) is 7.67. The molecule has 2 aromatic heterocycles. The lowest BCUT2D eigenvalue weighted by molar-refractivity contribution is -0.133. The lowest BCUT2D eigenvalue weighted by Crippen LogP contribution is -2.50. The summed E-state index contributed by atoms with van der Waals surface area (Å²) >= 11 is 7.48. The van der Waals surface area contributed by atoms with Crippen molar-refractivity contribution in [3.63, 3.8) is 0 Å². The number of nitrogens with two attached hydrogens (primary N) is 1. The Bertz CT molecular complexity index is 1340. The Kier molecular flexibility index (Phi) is 6.56. The number of rotatable bonds is 6. The highest BCUT2D eigenvalue weighted by molar-refractivity contribution is 7.21. The number of thiazole rings is 1. The Balaban J connectivity index is 1.26. The molecular weight excluding hydrogens is 488 g/mol. The molecular formula is C24H23ClN6O3S. The van der Waals surface area contributed by atoms with Crippen molar-refractivity contribution in [2.45, 2.75) is 0 Å². The molecule has 0 saturated carbocycles. The van der Waals surface area contributed by atoms with Crippen LogP contribution in [0.3, 0.4) is 0 Å². The number of methoxy groups -OCH3 is 1. The summed E-state index contributed by atoms with van der Waals surface area (Å²) in [6.45, 7) is 2.28. The van der Waals surface area contributed by atoms with Crippen LogP contribution < -0.4 is 20.1 Å². The molecule has 2 N–H and O–H groups in total. The second-order valence-corrected chi connectivity index (χ2v) is 9.33. The number of fused-ring (bicyclic) bond motifs is 1. The van der Waals surface area contributed by atoms with Gasteiger partial charge in [0.1, 0.15) is 22.0 Å². The van der Waals surface area contributed by atoms with Crippen LogP contribution in [0.25, 0.3) is 20.9 Å². The number of carbonyl (C=O) groups is 1. The molecule has 0 radical (unpaired) electrons. The predicted octanol–water partition coefficient (Wildman–Crippen LogP) is 3.73. The average Bonchev–Trinajstić information content (AvgIpc) is 3.31. The van der Waals surface area contributed by atoms with Gasteiger partial charge in [-0.05, 0) is 36.4 Å². The fourth-order valence-corrected chi connectivity index (χ4v) is 4.91. The van der Waals surface area contributed by atoms with E-state index in [1.807, 2.05) is 24.3 Å². The second kappa shape index (κ2) is 9.93. The van der Waals surface area contributed by atoms with Crippen LogP contribution in [0, 0.1) is 0 Å². The summed E-state index contributed by atoms with van der Waals surface area (Å²) < 4.78 is 10.8. The maximum absolute atomic E-state index is 12.7. The number of piperazine rings is 1. The number of aromatic nitrogens is 3. The molecule has 35 heavy (non-hydrogen) atoms. The minimum Gasteiger partial charge on any atom is -0.497 e. The number of carbonyl (C=O) groups excluding carboxylic acids is 1. The first-order valence-corrected chi connectivity index (χ1v) is 12.2. The third kappa shape index (κ3) is 5.08. The van der Waals surface area contributed by atoms with E-state index in [-0.39, 0.29) is 18.5 Å². The quantitative estimate of drug-likeness (QED) is 0.418. The SMILES string of the molecule is COc1ccc(OCC(=O)N2CCN(c3nc(N)nc4sc(-c5ccc(Cl)cc5)nc34)CC2)cc1. The highest BCUT2D eigenvalue weighted by Gasteiger charge is 2.25. The first kappa shape index (κ1) is 23.1. The molecule has 1 amide bonds. The average molecular weight is 511 g/mol. The van der Waals surface area contributed by atoms with E-state index in [0.29, 0.717) is 48.3 Å². The molecule has 2 aromatic carbocycles. The third-order valence-electron chi connectivity index (χ3n) is 5.70. The number of nitrogen functional groups attached to an aromatic ring is 1. The summed E-state index contributed by atoms with van der Waals surface area (Å²) in [7, 11) is 1.60. The molecule has 180 valence electrons. The molecule has 3 heterocycles. The predicted molar refractivity (Wildman–Crippen MR) is 137 cm³/mol. The Morgan fingerprint density at radius 1 is 1.00 bits per heavy atom. The van der Waals surface area contributed by atoms with Crippen LogP contribution >= 0.6 is 22.9 Å². The Morgan fingerprint density at radius 2 is 1.69 bits per heavy atom. The van der Waals surface area contributed by atoms with Crippen molar-refractivity contribution in [2.75, 3.05) is 50.5 Å². The van der Waals surface area contributed by atoms with Crippen molar-refractivity contribution in [1.82, 2.24) is 19.9 Å². The van der Waals surface area contributed by atoms with E-state index < -0.39 is 0 Å². The zero-order chi connectivity index (χ0) is 24.4. The van der Waals surface area contributed by atoms with Crippen molar-refractivity contribution in [3.8, 4) is 22.1 Å². The van der Waals surface area contributed by atoms with E-state index in [0.717, 1.165) is 21.2 Å². The summed E-state index contributed by atoms with van der Waals surface area (Å²) in [5.74, 6) is 2.18. The van der Waals surface area contributed by atoms with Gasteiger partial charge < -0.3 is 25.0 Å². The van der Waals surface area contributed by atoms with Gasteiger partial charge in [-0.15, -0.1) is 0 Å². The normalized spacial score (nSPS) is 13.8. The van der Waals surface area contributed by atoms with Crippen molar-refractivity contribution in [1.29, 1.82) is 0 Å². The van der Waals surface area contributed by atoms with Crippen LogP contribution in [0.15, 0.2) is 48.5 Å². The topological polar surface area (TPSA) is 107 Å². The zero-order valence-corrected chi connectivity index (χ0v) is 20.6.